The molecule has 0 fully saturated rings. The quantitative estimate of drug-likeness (QED) is 0.769. The number of hydrogen-bond acceptors (Lipinski definition) is 4. The number of carbonyl (C=O) groups excluding carboxylic acids is 2. The van der Waals surface area contributed by atoms with E-state index in [-0.39, 0.29) is 12.5 Å². The van der Waals surface area contributed by atoms with E-state index < -0.39 is 0 Å². The summed E-state index contributed by atoms with van der Waals surface area (Å²) in [5.74, 6) is -0.335. The standard InChI is InChI=1S/C18H20BrN3O2/c1-20-17-8-7-15(21(2)3)10-16(17)18(24)22(12-23)11-13-5-4-6-14(19)9-13/h4-10,12,20H,11H2,1-3H3. The van der Waals surface area contributed by atoms with Crippen LogP contribution in [0.25, 0.3) is 0 Å². The van der Waals surface area contributed by atoms with Crippen LogP contribution in [0, 0.1) is 0 Å². The van der Waals surface area contributed by atoms with E-state index in [2.05, 4.69) is 21.2 Å². The number of carbonyl (C=O) groups is 2. The van der Waals surface area contributed by atoms with Gasteiger partial charge in [-0.05, 0) is 35.9 Å². The highest BCUT2D eigenvalue weighted by molar-refractivity contribution is 9.10. The van der Waals surface area contributed by atoms with Crippen LogP contribution in [0.15, 0.2) is 46.9 Å². The molecule has 0 radical (unpaired) electrons. The normalized spacial score (nSPS) is 10.2. The average Bonchev–Trinajstić information content (AvgIpc) is 2.58. The number of benzene rings is 2. The van der Waals surface area contributed by atoms with Gasteiger partial charge in [-0.25, -0.2) is 0 Å². The Labute approximate surface area is 150 Å². The highest BCUT2D eigenvalue weighted by atomic mass is 79.9. The van der Waals surface area contributed by atoms with E-state index in [1.165, 1.54) is 4.90 Å². The van der Waals surface area contributed by atoms with Crippen molar-refractivity contribution < 1.29 is 9.59 Å². The third-order valence-electron chi connectivity index (χ3n) is 3.65. The Bertz CT molecular complexity index is 747. The SMILES string of the molecule is CNc1ccc(N(C)C)cc1C(=O)N(C=O)Cc1cccc(Br)c1. The highest BCUT2D eigenvalue weighted by Gasteiger charge is 2.19. The summed E-state index contributed by atoms with van der Waals surface area (Å²) in [6.45, 7) is 0.219. The molecule has 5 nitrogen and oxygen atoms in total. The van der Waals surface area contributed by atoms with Crippen LogP contribution in [-0.2, 0) is 11.3 Å². The first-order valence-electron chi connectivity index (χ1n) is 7.46. The van der Waals surface area contributed by atoms with E-state index in [0.29, 0.717) is 17.7 Å². The lowest BCUT2D eigenvalue weighted by atomic mass is 10.1. The van der Waals surface area contributed by atoms with Crippen molar-refractivity contribution in [3.8, 4) is 0 Å². The molecule has 0 aliphatic carbocycles. The minimum Gasteiger partial charge on any atom is -0.387 e. The van der Waals surface area contributed by atoms with Gasteiger partial charge in [0.05, 0.1) is 12.1 Å². The summed E-state index contributed by atoms with van der Waals surface area (Å²) < 4.78 is 0.906. The number of imide groups is 1. The Hall–Kier alpha value is -2.34. The molecule has 0 aliphatic heterocycles. The fourth-order valence-electron chi connectivity index (χ4n) is 2.35. The van der Waals surface area contributed by atoms with E-state index in [1.54, 1.807) is 13.1 Å². The van der Waals surface area contributed by atoms with Crippen molar-refractivity contribution in [3.63, 3.8) is 0 Å². The van der Waals surface area contributed by atoms with Crippen molar-refractivity contribution in [1.29, 1.82) is 0 Å². The Morgan fingerprint density at radius 2 is 1.96 bits per heavy atom. The van der Waals surface area contributed by atoms with Crippen LogP contribution in [0.1, 0.15) is 15.9 Å². The fourth-order valence-corrected chi connectivity index (χ4v) is 2.80. The number of amides is 2. The zero-order valence-corrected chi connectivity index (χ0v) is 15.5. The van der Waals surface area contributed by atoms with Crippen molar-refractivity contribution >= 4 is 39.6 Å². The second-order valence-corrected chi connectivity index (χ2v) is 6.46. The zero-order valence-electron chi connectivity index (χ0n) is 13.9. The first kappa shape index (κ1) is 18.0. The molecule has 6 heteroatoms. The molecule has 1 N–H and O–H groups in total. The first-order valence-corrected chi connectivity index (χ1v) is 8.25. The lowest BCUT2D eigenvalue weighted by Crippen LogP contribution is -2.30. The molecular weight excluding hydrogens is 370 g/mol. The van der Waals surface area contributed by atoms with Crippen LogP contribution in [0.4, 0.5) is 11.4 Å². The molecule has 2 aromatic rings. The summed E-state index contributed by atoms with van der Waals surface area (Å²) in [6, 6.07) is 13.1. The van der Waals surface area contributed by atoms with Crippen LogP contribution in [0.3, 0.4) is 0 Å². The van der Waals surface area contributed by atoms with Gasteiger partial charge in [-0.15, -0.1) is 0 Å². The number of anilines is 2. The van der Waals surface area contributed by atoms with Gasteiger partial charge in [-0.1, -0.05) is 28.1 Å². The molecule has 0 saturated carbocycles. The molecule has 2 amide bonds. The largest absolute Gasteiger partial charge is 0.387 e. The van der Waals surface area contributed by atoms with Gasteiger partial charge in [0.2, 0.25) is 6.41 Å². The van der Waals surface area contributed by atoms with Gasteiger partial charge in [0, 0.05) is 37.0 Å². The fraction of sp³-hybridized carbons (Fsp3) is 0.222. The smallest absolute Gasteiger partial charge is 0.262 e. The van der Waals surface area contributed by atoms with Crippen molar-refractivity contribution in [2.24, 2.45) is 0 Å². The molecular formula is C18H20BrN3O2. The van der Waals surface area contributed by atoms with Crippen molar-refractivity contribution in [3.05, 3.63) is 58.1 Å². The molecule has 126 valence electrons. The minimum atomic E-state index is -0.335. The lowest BCUT2D eigenvalue weighted by Gasteiger charge is -2.20. The van der Waals surface area contributed by atoms with Crippen molar-refractivity contribution in [1.82, 2.24) is 4.90 Å². The molecule has 0 unspecified atom stereocenters. The van der Waals surface area contributed by atoms with Crippen LogP contribution in [0.5, 0.6) is 0 Å². The second kappa shape index (κ2) is 7.97. The topological polar surface area (TPSA) is 52.7 Å². The predicted molar refractivity (Wildman–Crippen MR) is 100 cm³/mol. The molecule has 2 aromatic carbocycles. The van der Waals surface area contributed by atoms with Gasteiger partial charge < -0.3 is 10.2 Å². The van der Waals surface area contributed by atoms with Crippen LogP contribution in [-0.4, -0.2) is 38.4 Å². The van der Waals surface area contributed by atoms with Gasteiger partial charge in [0.25, 0.3) is 5.91 Å². The van der Waals surface area contributed by atoms with Gasteiger partial charge in [0.15, 0.2) is 0 Å². The molecule has 24 heavy (non-hydrogen) atoms. The van der Waals surface area contributed by atoms with Crippen molar-refractivity contribution in [2.45, 2.75) is 6.54 Å². The Morgan fingerprint density at radius 3 is 2.54 bits per heavy atom. The van der Waals surface area contributed by atoms with Crippen LogP contribution in [0.2, 0.25) is 0 Å². The summed E-state index contributed by atoms with van der Waals surface area (Å²) in [4.78, 5) is 27.4. The zero-order chi connectivity index (χ0) is 17.7. The van der Waals surface area contributed by atoms with Gasteiger partial charge >= 0.3 is 0 Å². The number of hydrogen-bond donors (Lipinski definition) is 1. The van der Waals surface area contributed by atoms with E-state index in [0.717, 1.165) is 15.7 Å². The summed E-state index contributed by atoms with van der Waals surface area (Å²) in [6.07, 6.45) is 0.574. The monoisotopic (exact) mass is 389 g/mol. The number of nitrogens with one attached hydrogen (secondary N) is 1. The highest BCUT2D eigenvalue weighted by Crippen LogP contribution is 2.24. The number of nitrogens with zero attached hydrogens (tertiary/aromatic N) is 2. The summed E-state index contributed by atoms with van der Waals surface area (Å²) in [5.41, 5.74) is 2.92. The predicted octanol–water partition coefficient (Wildman–Crippen LogP) is 3.36. The van der Waals surface area contributed by atoms with Crippen LogP contribution < -0.4 is 10.2 Å². The maximum Gasteiger partial charge on any atom is 0.262 e. The van der Waals surface area contributed by atoms with Gasteiger partial charge in [-0.3, -0.25) is 14.5 Å². The maximum absolute atomic E-state index is 12.8. The summed E-state index contributed by atoms with van der Waals surface area (Å²) in [5, 5.41) is 3.01. The molecule has 0 spiro atoms. The Morgan fingerprint density at radius 1 is 1.21 bits per heavy atom. The van der Waals surface area contributed by atoms with Gasteiger partial charge in [0.1, 0.15) is 0 Å². The molecule has 2 rings (SSSR count). The van der Waals surface area contributed by atoms with Crippen molar-refractivity contribution in [2.75, 3.05) is 31.4 Å². The number of rotatable bonds is 6. The third kappa shape index (κ3) is 4.14. The molecule has 0 heterocycles. The molecule has 0 bridgehead atoms. The second-order valence-electron chi connectivity index (χ2n) is 5.54. The molecule has 0 aliphatic rings. The van der Waals surface area contributed by atoms with Crippen LogP contribution >= 0.6 is 15.9 Å². The summed E-state index contributed by atoms with van der Waals surface area (Å²) >= 11 is 3.40. The Balaban J connectivity index is 2.33. The summed E-state index contributed by atoms with van der Waals surface area (Å²) in [7, 11) is 5.56. The molecule has 0 aromatic heterocycles. The van der Waals surface area contributed by atoms with E-state index in [9.17, 15) is 9.59 Å². The number of halogens is 1. The average molecular weight is 390 g/mol. The Kier molecular flexibility index (Phi) is 5.98. The first-order chi connectivity index (χ1) is 11.5. The third-order valence-corrected chi connectivity index (χ3v) is 4.14. The van der Waals surface area contributed by atoms with E-state index >= 15 is 0 Å². The molecule has 0 atom stereocenters. The minimum absolute atomic E-state index is 0.219. The van der Waals surface area contributed by atoms with E-state index in [4.69, 9.17) is 0 Å². The van der Waals surface area contributed by atoms with E-state index in [1.807, 2.05) is 55.4 Å². The van der Waals surface area contributed by atoms with Gasteiger partial charge in [-0.2, -0.15) is 0 Å². The lowest BCUT2D eigenvalue weighted by molar-refractivity contribution is -0.116. The maximum atomic E-state index is 12.8. The molecule has 0 saturated heterocycles.